The number of benzene rings is 3. The molecule has 0 aliphatic carbocycles. The second-order valence-corrected chi connectivity index (χ2v) is 19.6. The Bertz CT molecular complexity index is 2400. The molecular formula is C51H76ClN9O4. The highest BCUT2D eigenvalue weighted by Gasteiger charge is 2.29. The molecule has 0 radical (unpaired) electrons. The van der Waals surface area contributed by atoms with Crippen LogP contribution in [0.3, 0.4) is 0 Å². The number of ether oxygens (including phenoxy) is 2. The maximum atomic E-state index is 12.1. The molecule has 6 aromatic rings. The van der Waals surface area contributed by atoms with Crippen LogP contribution in [0.2, 0.25) is 0 Å². The zero-order chi connectivity index (χ0) is 45.3. The van der Waals surface area contributed by atoms with Gasteiger partial charge >= 0.3 is 12.2 Å². The smallest absolute Gasteiger partial charge is 0.410 e. The van der Waals surface area contributed by atoms with Gasteiger partial charge in [0.05, 0.1) is 47.2 Å². The highest BCUT2D eigenvalue weighted by molar-refractivity contribution is 5.85. The molecule has 3 fully saturated rings. The van der Waals surface area contributed by atoms with Crippen molar-refractivity contribution in [1.29, 1.82) is 0 Å². The zero-order valence-corrected chi connectivity index (χ0v) is 40.6. The fraction of sp³-hybridized carbons (Fsp3) is 0.549. The fourth-order valence-corrected chi connectivity index (χ4v) is 8.18. The van der Waals surface area contributed by atoms with E-state index in [-0.39, 0.29) is 37.6 Å². The average molecular weight is 915 g/mol. The van der Waals surface area contributed by atoms with Gasteiger partial charge in [-0.05, 0) is 156 Å². The molecule has 356 valence electrons. The van der Waals surface area contributed by atoms with Gasteiger partial charge in [-0.2, -0.15) is 15.3 Å². The van der Waals surface area contributed by atoms with Gasteiger partial charge in [-0.15, -0.1) is 12.4 Å². The highest BCUT2D eigenvalue weighted by Crippen LogP contribution is 2.28. The molecule has 0 atom stereocenters. The molecule has 0 spiro atoms. The minimum atomic E-state index is -0.440. The number of halogens is 1. The van der Waals surface area contributed by atoms with Crippen molar-refractivity contribution in [2.75, 3.05) is 39.3 Å². The van der Waals surface area contributed by atoms with E-state index in [2.05, 4.69) is 111 Å². The monoisotopic (exact) mass is 914 g/mol. The molecule has 3 aliphatic rings. The molecule has 9 rings (SSSR count). The summed E-state index contributed by atoms with van der Waals surface area (Å²) in [4.78, 5) is 27.4. The van der Waals surface area contributed by atoms with E-state index in [0.29, 0.717) is 25.2 Å². The SMILES string of the molecule is C.CC1CCN(C(=O)OC(C)(C)C)CC1.Cc1ccc2[nH]ncc2c1.Cc1ccc2c(cnn2C2CCN(C(=O)OC(C)(C)C)CC2)c1.Cc1ccc2c(cnn2C2CCNCC2)c1.Cl. The fourth-order valence-electron chi connectivity index (χ4n) is 8.18. The maximum absolute atomic E-state index is 12.1. The molecule has 3 saturated heterocycles. The van der Waals surface area contributed by atoms with Crippen LogP contribution in [0.15, 0.2) is 73.2 Å². The van der Waals surface area contributed by atoms with Crippen LogP contribution < -0.4 is 5.32 Å². The standard InChI is InChI=1S/C18H25N3O2.C13H17N3.C11H21NO2.C8H8N2.CH4.ClH/c1-13-5-6-16-14(11-13)12-19-21(16)15-7-9-20(10-8-15)17(22)23-18(2,3)4;1-10-2-3-13-11(8-10)9-15-16(13)12-4-6-14-7-5-12;1-9-5-7-12(8-6-9)10(13)14-11(2,3)4;1-6-2-3-8-7(4-6)5-9-10-8;;/h5-6,11-12,15H,7-10H2,1-4H3;2-3,8-9,12,14H,4-7H2,1H3;9H,5-8H2,1-4H3;2-5H,1H3,(H,9,10);1H4;1H. The van der Waals surface area contributed by atoms with Gasteiger partial charge in [0, 0.05) is 42.3 Å². The van der Waals surface area contributed by atoms with Crippen molar-refractivity contribution in [1.82, 2.24) is 44.9 Å². The van der Waals surface area contributed by atoms with E-state index in [0.717, 1.165) is 63.3 Å². The van der Waals surface area contributed by atoms with Crippen LogP contribution in [0.5, 0.6) is 0 Å². The van der Waals surface area contributed by atoms with Crippen molar-refractivity contribution in [2.45, 2.75) is 138 Å². The lowest BCUT2D eigenvalue weighted by Crippen LogP contribution is -2.42. The van der Waals surface area contributed by atoms with Crippen LogP contribution in [0.25, 0.3) is 32.7 Å². The lowest BCUT2D eigenvalue weighted by Gasteiger charge is -2.33. The Labute approximate surface area is 393 Å². The molecular weight excluding hydrogens is 838 g/mol. The lowest BCUT2D eigenvalue weighted by atomic mass is 10.00. The number of likely N-dealkylation sites (tertiary alicyclic amines) is 2. The summed E-state index contributed by atoms with van der Waals surface area (Å²) < 4.78 is 15.1. The first-order valence-corrected chi connectivity index (χ1v) is 22.9. The Balaban J connectivity index is 0.000000195. The average Bonchev–Trinajstić information content (AvgIpc) is 3.99. The minimum absolute atomic E-state index is 0. The van der Waals surface area contributed by atoms with E-state index in [1.165, 1.54) is 56.7 Å². The first-order chi connectivity index (χ1) is 29.9. The Morgan fingerprint density at radius 2 is 1.02 bits per heavy atom. The summed E-state index contributed by atoms with van der Waals surface area (Å²) in [6.45, 7) is 25.3. The molecule has 0 bridgehead atoms. The third-order valence-electron chi connectivity index (χ3n) is 11.6. The first-order valence-electron chi connectivity index (χ1n) is 22.9. The molecule has 6 heterocycles. The van der Waals surface area contributed by atoms with Crippen molar-refractivity contribution in [3.8, 4) is 0 Å². The highest BCUT2D eigenvalue weighted by atomic mass is 35.5. The number of carbonyl (C=O) groups is 2. The van der Waals surface area contributed by atoms with E-state index in [9.17, 15) is 9.59 Å². The van der Waals surface area contributed by atoms with Crippen LogP contribution in [0, 0.1) is 26.7 Å². The predicted molar refractivity (Wildman–Crippen MR) is 267 cm³/mol. The number of fused-ring (bicyclic) bond motifs is 3. The van der Waals surface area contributed by atoms with Gasteiger partial charge in [-0.1, -0.05) is 49.2 Å². The second-order valence-electron chi connectivity index (χ2n) is 19.6. The third kappa shape index (κ3) is 15.2. The number of aryl methyl sites for hydroxylation is 3. The van der Waals surface area contributed by atoms with E-state index in [1.54, 1.807) is 4.90 Å². The van der Waals surface area contributed by atoms with Crippen LogP contribution in [-0.4, -0.2) is 102 Å². The number of carbonyl (C=O) groups excluding carboxylic acids is 2. The van der Waals surface area contributed by atoms with E-state index < -0.39 is 5.60 Å². The molecule has 2 N–H and O–H groups in total. The van der Waals surface area contributed by atoms with Gasteiger partial charge in [0.1, 0.15) is 11.2 Å². The van der Waals surface area contributed by atoms with Crippen molar-refractivity contribution in [3.05, 3.63) is 89.9 Å². The number of hydrogen-bond donors (Lipinski definition) is 2. The Hall–Kier alpha value is -5.14. The normalized spacial score (nSPS) is 16.2. The number of H-pyrrole nitrogens is 1. The number of nitrogens with zero attached hydrogens (tertiary/aromatic N) is 7. The summed E-state index contributed by atoms with van der Waals surface area (Å²) in [6, 6.07) is 20.1. The Kier molecular flexibility index (Phi) is 18.9. The number of piperidine rings is 3. The maximum Gasteiger partial charge on any atom is 0.410 e. The summed E-state index contributed by atoms with van der Waals surface area (Å²) >= 11 is 0. The number of rotatable bonds is 2. The van der Waals surface area contributed by atoms with Crippen molar-refractivity contribution in [2.24, 2.45) is 5.92 Å². The van der Waals surface area contributed by atoms with Gasteiger partial charge in [0.15, 0.2) is 0 Å². The molecule has 3 aliphatic heterocycles. The molecule has 2 amide bonds. The van der Waals surface area contributed by atoms with Crippen LogP contribution >= 0.6 is 12.4 Å². The van der Waals surface area contributed by atoms with E-state index in [1.807, 2.05) is 71.1 Å². The summed E-state index contributed by atoms with van der Waals surface area (Å²) in [7, 11) is 0. The summed E-state index contributed by atoms with van der Waals surface area (Å²) in [5, 5.41) is 23.0. The number of aromatic nitrogens is 6. The van der Waals surface area contributed by atoms with Crippen LogP contribution in [-0.2, 0) is 9.47 Å². The largest absolute Gasteiger partial charge is 0.444 e. The number of nitrogens with one attached hydrogen (secondary N) is 2. The quantitative estimate of drug-likeness (QED) is 0.175. The number of aromatic amines is 1. The molecule has 0 saturated carbocycles. The van der Waals surface area contributed by atoms with Gasteiger partial charge in [-0.3, -0.25) is 14.5 Å². The Morgan fingerprint density at radius 1 is 0.600 bits per heavy atom. The molecule has 14 heteroatoms. The first kappa shape index (κ1) is 52.5. The molecule has 13 nitrogen and oxygen atoms in total. The topological polar surface area (TPSA) is 135 Å². The summed E-state index contributed by atoms with van der Waals surface area (Å²) in [5.74, 6) is 0.744. The van der Waals surface area contributed by atoms with Crippen LogP contribution in [0.1, 0.15) is 123 Å². The lowest BCUT2D eigenvalue weighted by molar-refractivity contribution is 0.0177. The van der Waals surface area contributed by atoms with Crippen molar-refractivity contribution < 1.29 is 19.1 Å². The van der Waals surface area contributed by atoms with E-state index >= 15 is 0 Å². The molecule has 65 heavy (non-hydrogen) atoms. The minimum Gasteiger partial charge on any atom is -0.444 e. The van der Waals surface area contributed by atoms with Gasteiger partial charge in [-0.25, -0.2) is 9.59 Å². The predicted octanol–water partition coefficient (Wildman–Crippen LogP) is 11.8. The zero-order valence-electron chi connectivity index (χ0n) is 39.8. The third-order valence-corrected chi connectivity index (χ3v) is 11.6. The van der Waals surface area contributed by atoms with Crippen LogP contribution in [0.4, 0.5) is 9.59 Å². The van der Waals surface area contributed by atoms with Crippen molar-refractivity contribution >= 4 is 57.3 Å². The molecule has 0 unspecified atom stereocenters. The van der Waals surface area contributed by atoms with Gasteiger partial charge < -0.3 is 24.6 Å². The van der Waals surface area contributed by atoms with Gasteiger partial charge in [0.2, 0.25) is 0 Å². The number of amides is 2. The van der Waals surface area contributed by atoms with Crippen molar-refractivity contribution in [3.63, 3.8) is 0 Å². The summed E-state index contributed by atoms with van der Waals surface area (Å²) in [6.07, 6.45) is 11.8. The molecule has 3 aromatic carbocycles. The second kappa shape index (κ2) is 23.4. The summed E-state index contributed by atoms with van der Waals surface area (Å²) in [5.41, 5.74) is 6.56. The number of hydrogen-bond acceptors (Lipinski definition) is 8. The Morgan fingerprint density at radius 3 is 1.48 bits per heavy atom. The molecule has 3 aromatic heterocycles. The van der Waals surface area contributed by atoms with E-state index in [4.69, 9.17) is 9.47 Å². The van der Waals surface area contributed by atoms with Gasteiger partial charge in [0.25, 0.3) is 0 Å².